The molecule has 9 rings (SSSR count). The van der Waals surface area contributed by atoms with Crippen LogP contribution in [-0.2, 0) is 9.59 Å². The lowest BCUT2D eigenvalue weighted by Gasteiger charge is -2.15. The van der Waals surface area contributed by atoms with Crippen LogP contribution < -0.4 is 0 Å². The van der Waals surface area contributed by atoms with Crippen LogP contribution in [0.15, 0.2) is 132 Å². The van der Waals surface area contributed by atoms with E-state index in [0.29, 0.717) is 22.4 Å². The van der Waals surface area contributed by atoms with E-state index in [1.165, 1.54) is 0 Å². The van der Waals surface area contributed by atoms with Crippen LogP contribution in [0.25, 0.3) is 85.3 Å². The first-order valence-electron chi connectivity index (χ1n) is 17.3. The van der Waals surface area contributed by atoms with Gasteiger partial charge in [0.25, 0.3) is 0 Å². The van der Waals surface area contributed by atoms with Gasteiger partial charge in [-0.25, -0.2) is 9.97 Å². The van der Waals surface area contributed by atoms with E-state index in [2.05, 4.69) is 76.7 Å². The van der Waals surface area contributed by atoms with Crippen molar-refractivity contribution in [3.63, 3.8) is 0 Å². The molecule has 3 aromatic carbocycles. The van der Waals surface area contributed by atoms with Crippen molar-refractivity contribution >= 4 is 63.5 Å². The third-order valence-corrected chi connectivity index (χ3v) is 9.88. The second-order valence-electron chi connectivity index (χ2n) is 13.1. The first-order valence-corrected chi connectivity index (χ1v) is 17.3. The van der Waals surface area contributed by atoms with Gasteiger partial charge in [-0.05, 0) is 90.8 Å². The zero-order valence-electron chi connectivity index (χ0n) is 28.6. The Kier molecular flexibility index (Phi) is 7.44. The van der Waals surface area contributed by atoms with E-state index in [0.717, 1.165) is 78.1 Å². The molecule has 2 N–H and O–H groups in total. The number of rotatable bonds is 4. The minimum Gasteiger partial charge on any atom is -0.354 e. The maximum atomic E-state index is 13.3. The Labute approximate surface area is 300 Å². The van der Waals surface area contributed by atoms with Crippen molar-refractivity contribution in [1.29, 1.82) is 0 Å². The Balaban J connectivity index is 1.49. The average Bonchev–Trinajstić information content (AvgIpc) is 4.02. The molecule has 52 heavy (non-hydrogen) atoms. The molecule has 1 aliphatic carbocycles. The molecule has 2 aliphatic heterocycles. The van der Waals surface area contributed by atoms with Gasteiger partial charge < -0.3 is 9.97 Å². The molecule has 8 bridgehead atoms. The molecule has 6 heteroatoms. The number of carbonyl (C=O) groups is 2. The molecule has 0 saturated carbocycles. The van der Waals surface area contributed by atoms with Crippen LogP contribution in [0.4, 0.5) is 0 Å². The summed E-state index contributed by atoms with van der Waals surface area (Å²) in [6.07, 6.45) is 9.99. The van der Waals surface area contributed by atoms with Crippen molar-refractivity contribution in [3.05, 3.63) is 161 Å². The van der Waals surface area contributed by atoms with Crippen molar-refractivity contribution in [1.82, 2.24) is 19.9 Å². The molecule has 0 amide bonds. The van der Waals surface area contributed by atoms with Crippen molar-refractivity contribution in [3.8, 4) is 33.4 Å². The van der Waals surface area contributed by atoms with E-state index < -0.39 is 11.6 Å². The lowest BCUT2D eigenvalue weighted by molar-refractivity contribution is -0.132. The van der Waals surface area contributed by atoms with Gasteiger partial charge in [-0.1, -0.05) is 91.0 Å². The van der Waals surface area contributed by atoms with Gasteiger partial charge in [0.1, 0.15) is 0 Å². The van der Waals surface area contributed by atoms with Crippen LogP contribution in [0, 0.1) is 0 Å². The lowest BCUT2D eigenvalue weighted by atomic mass is 9.87. The summed E-state index contributed by atoms with van der Waals surface area (Å²) in [6.45, 7) is 3.41. The van der Waals surface area contributed by atoms with Gasteiger partial charge in [0.05, 0.1) is 22.8 Å². The number of ketones is 2. The van der Waals surface area contributed by atoms with Crippen molar-refractivity contribution < 1.29 is 9.59 Å². The third kappa shape index (κ3) is 5.20. The third-order valence-electron chi connectivity index (χ3n) is 9.88. The number of Topliss-reactive ketones (excluding diaryl/α,β-unsaturated/α-hetero) is 2. The van der Waals surface area contributed by atoms with E-state index in [1.54, 1.807) is 13.8 Å². The molecule has 3 aromatic heterocycles. The highest BCUT2D eigenvalue weighted by molar-refractivity contribution is 6.51. The fourth-order valence-electron chi connectivity index (χ4n) is 7.34. The molecule has 0 fully saturated rings. The second-order valence-corrected chi connectivity index (χ2v) is 13.1. The predicted molar refractivity (Wildman–Crippen MR) is 212 cm³/mol. The first-order chi connectivity index (χ1) is 25.4. The average molecular weight is 673 g/mol. The van der Waals surface area contributed by atoms with Gasteiger partial charge in [0.2, 0.25) is 11.6 Å². The van der Waals surface area contributed by atoms with E-state index >= 15 is 0 Å². The summed E-state index contributed by atoms with van der Waals surface area (Å²) in [5.74, 6) is -0.982. The van der Waals surface area contributed by atoms with Gasteiger partial charge in [-0.3, -0.25) is 9.59 Å². The van der Waals surface area contributed by atoms with Gasteiger partial charge in [-0.15, -0.1) is 0 Å². The number of hydrogen-bond acceptors (Lipinski definition) is 4. The summed E-state index contributed by atoms with van der Waals surface area (Å²) in [5, 5.41) is 0. The van der Waals surface area contributed by atoms with Gasteiger partial charge in [0.15, 0.2) is 0 Å². The largest absolute Gasteiger partial charge is 0.354 e. The standard InChI is InChI=1S/C46H32N4O2/c1-27-26-32(28(2)46(52)45(27)51)44-39-24-22-37(49-39)42(30-14-8-4-9-15-30)35-20-18-33(47-35)41(29-12-6-3-7-13-29)34-19-21-36(48-34)43(31-16-10-5-11-17-31)38-23-25-40(44)50-38/h3-26,47,50H,1-2H3. The number of hydrogen-bond donors (Lipinski definition) is 2. The highest BCUT2D eigenvalue weighted by Gasteiger charge is 2.28. The molecule has 6 aromatic rings. The van der Waals surface area contributed by atoms with Crippen LogP contribution in [0.2, 0.25) is 0 Å². The monoisotopic (exact) mass is 672 g/mol. The number of fused-ring (bicyclic) bond motifs is 8. The fourth-order valence-corrected chi connectivity index (χ4v) is 7.34. The van der Waals surface area contributed by atoms with Crippen molar-refractivity contribution in [2.45, 2.75) is 13.8 Å². The van der Waals surface area contributed by atoms with E-state index in [9.17, 15) is 9.59 Å². The Morgan fingerprint density at radius 1 is 0.423 bits per heavy atom. The van der Waals surface area contributed by atoms with Crippen LogP contribution in [0.1, 0.15) is 42.2 Å². The Morgan fingerprint density at radius 3 is 1.15 bits per heavy atom. The molecule has 0 spiro atoms. The predicted octanol–water partition coefficient (Wildman–Crippen LogP) is 10.5. The van der Waals surface area contributed by atoms with Crippen molar-refractivity contribution in [2.24, 2.45) is 0 Å². The number of nitrogens with one attached hydrogen (secondary N) is 2. The summed E-state index contributed by atoms with van der Waals surface area (Å²) in [6, 6.07) is 39.1. The molecule has 0 radical (unpaired) electrons. The molecule has 5 heterocycles. The highest BCUT2D eigenvalue weighted by atomic mass is 16.2. The van der Waals surface area contributed by atoms with Crippen LogP contribution in [-0.4, -0.2) is 31.5 Å². The molecule has 0 atom stereocenters. The smallest absolute Gasteiger partial charge is 0.229 e. The number of H-pyrrole nitrogens is 2. The number of aromatic nitrogens is 4. The zero-order valence-corrected chi connectivity index (χ0v) is 28.6. The summed E-state index contributed by atoms with van der Waals surface area (Å²) in [7, 11) is 0. The van der Waals surface area contributed by atoms with Crippen LogP contribution >= 0.6 is 0 Å². The highest BCUT2D eigenvalue weighted by Crippen LogP contribution is 2.39. The van der Waals surface area contributed by atoms with E-state index in [-0.39, 0.29) is 0 Å². The fraction of sp³-hybridized carbons (Fsp3) is 0.0435. The summed E-state index contributed by atoms with van der Waals surface area (Å²) in [4.78, 5) is 44.1. The topological polar surface area (TPSA) is 91.5 Å². The minimum absolute atomic E-state index is 0.389. The Morgan fingerprint density at radius 2 is 0.769 bits per heavy atom. The Bertz CT molecular complexity index is 2720. The van der Waals surface area contributed by atoms with Crippen LogP contribution in [0.5, 0.6) is 0 Å². The molecular formula is C46H32N4O2. The maximum Gasteiger partial charge on any atom is 0.229 e. The quantitative estimate of drug-likeness (QED) is 0.144. The summed E-state index contributed by atoms with van der Waals surface area (Å²) in [5.41, 5.74) is 14.7. The number of allylic oxidation sites excluding steroid dienone is 4. The molecule has 3 aliphatic rings. The zero-order chi connectivity index (χ0) is 35.3. The number of aromatic amines is 2. The molecular weight excluding hydrogens is 641 g/mol. The number of benzene rings is 3. The molecule has 6 nitrogen and oxygen atoms in total. The Hall–Kier alpha value is -6.92. The second kappa shape index (κ2) is 12.4. The molecule has 0 unspecified atom stereocenters. The normalized spacial score (nSPS) is 13.9. The number of carbonyl (C=O) groups excluding carboxylic acids is 2. The molecule has 248 valence electrons. The van der Waals surface area contributed by atoms with Gasteiger partial charge >= 0.3 is 0 Å². The lowest BCUT2D eigenvalue weighted by Crippen LogP contribution is -2.20. The summed E-state index contributed by atoms with van der Waals surface area (Å²) < 4.78 is 0. The minimum atomic E-state index is -0.501. The van der Waals surface area contributed by atoms with E-state index in [1.807, 2.05) is 78.9 Å². The first kappa shape index (κ1) is 31.1. The maximum absolute atomic E-state index is 13.3. The van der Waals surface area contributed by atoms with E-state index in [4.69, 9.17) is 9.97 Å². The summed E-state index contributed by atoms with van der Waals surface area (Å²) >= 11 is 0. The van der Waals surface area contributed by atoms with Crippen molar-refractivity contribution in [2.75, 3.05) is 0 Å². The molecule has 0 saturated heterocycles. The van der Waals surface area contributed by atoms with Gasteiger partial charge in [0, 0.05) is 55.5 Å². The van der Waals surface area contributed by atoms with Gasteiger partial charge in [-0.2, -0.15) is 0 Å². The van der Waals surface area contributed by atoms with Crippen LogP contribution in [0.3, 0.4) is 0 Å². The number of nitrogens with zero attached hydrogens (tertiary/aromatic N) is 2. The SMILES string of the molecule is CC1=CC(c2c3nc(c(-c4ccccc4)c4ccc([nH]4)c(-c4ccccc4)c4nc(c(-c5ccccc5)c5ccc2[nH]5)C=C4)C=C3)=C(C)C(=O)C1=O.